The van der Waals surface area contributed by atoms with Crippen molar-refractivity contribution in [2.24, 2.45) is 0 Å². The fourth-order valence-corrected chi connectivity index (χ4v) is 3.36. The molecule has 31 heavy (non-hydrogen) atoms. The first kappa shape index (κ1) is 20.1. The van der Waals surface area contributed by atoms with Crippen LogP contribution in [0.25, 0.3) is 11.6 Å². The summed E-state index contributed by atoms with van der Waals surface area (Å²) < 4.78 is 2.16. The minimum Gasteiger partial charge on any atom is -0.366 e. The van der Waals surface area contributed by atoms with Gasteiger partial charge < -0.3 is 11.5 Å². The van der Waals surface area contributed by atoms with E-state index in [2.05, 4.69) is 40.6 Å². The first-order valence-electron chi connectivity index (χ1n) is 9.54. The van der Waals surface area contributed by atoms with E-state index >= 15 is 0 Å². The first-order valence-corrected chi connectivity index (χ1v) is 9.54. The molecule has 162 valence electrons. The van der Waals surface area contributed by atoms with Gasteiger partial charge in [0.2, 0.25) is 11.9 Å². The SMILES string of the molecule is CCCCCC(=O)C(C)(c1nn2c(N)nnc2[nH]c1=O)c1nn2c(N)nnc2[nH]c1=O. The Hall–Kier alpha value is -4.17. The minimum atomic E-state index is -1.83. The molecule has 4 aromatic rings. The highest BCUT2D eigenvalue weighted by Crippen LogP contribution is 2.29. The molecule has 15 heteroatoms. The molecule has 0 aromatic carbocycles. The molecule has 6 N–H and O–H groups in total. The molecule has 4 aromatic heterocycles. The standard InChI is InChI=1S/C16H20N12O3/c1-3-4-5-6-7(29)16(2,8-10(30)19-14-23-21-12(17)27(14)25-8)9-11(31)20-15-24-22-13(18)28(15)26-9/h3-6H2,1-2H3,(H2,17,21)(H2,18,22)(H,19,23,30)(H,20,24,31). The average Bonchev–Trinajstić information content (AvgIpc) is 3.28. The van der Waals surface area contributed by atoms with Gasteiger partial charge in [0.05, 0.1) is 0 Å². The normalized spacial score (nSPS) is 12.1. The Morgan fingerprint density at radius 3 is 1.84 bits per heavy atom. The largest absolute Gasteiger partial charge is 0.366 e. The molecule has 0 amide bonds. The van der Waals surface area contributed by atoms with Crippen molar-refractivity contribution in [1.29, 1.82) is 0 Å². The van der Waals surface area contributed by atoms with Gasteiger partial charge in [-0.2, -0.15) is 19.2 Å². The fourth-order valence-electron chi connectivity index (χ4n) is 3.36. The number of fused-ring (bicyclic) bond motifs is 2. The van der Waals surface area contributed by atoms with Gasteiger partial charge in [-0.15, -0.1) is 20.4 Å². The minimum absolute atomic E-state index is 0.00703. The number of aromatic amines is 2. The number of nitrogens with two attached hydrogens (primary N) is 2. The average molecular weight is 428 g/mol. The molecule has 0 aliphatic rings. The van der Waals surface area contributed by atoms with Crippen molar-refractivity contribution in [3.8, 4) is 0 Å². The monoisotopic (exact) mass is 428 g/mol. The lowest BCUT2D eigenvalue weighted by molar-refractivity contribution is -0.123. The quantitative estimate of drug-likeness (QED) is 0.249. The first-order chi connectivity index (χ1) is 14.8. The third-order valence-corrected chi connectivity index (χ3v) is 5.12. The number of hydrogen-bond donors (Lipinski definition) is 4. The summed E-state index contributed by atoms with van der Waals surface area (Å²) in [6.45, 7) is 3.41. The summed E-state index contributed by atoms with van der Waals surface area (Å²) in [7, 11) is 0. The molecule has 0 aliphatic carbocycles. The van der Waals surface area contributed by atoms with E-state index in [9.17, 15) is 14.4 Å². The maximum atomic E-state index is 13.4. The number of nitrogens with zero attached hydrogens (tertiary/aromatic N) is 8. The van der Waals surface area contributed by atoms with Crippen molar-refractivity contribution >= 4 is 29.2 Å². The molecular formula is C16H20N12O3. The lowest BCUT2D eigenvalue weighted by Crippen LogP contribution is -2.46. The van der Waals surface area contributed by atoms with Gasteiger partial charge in [-0.25, -0.2) is 0 Å². The Labute approximate surface area is 172 Å². The molecule has 0 atom stereocenters. The molecule has 0 bridgehead atoms. The van der Waals surface area contributed by atoms with Crippen LogP contribution >= 0.6 is 0 Å². The maximum absolute atomic E-state index is 13.4. The Morgan fingerprint density at radius 2 is 1.39 bits per heavy atom. The number of Topliss-reactive ketones (excluding diaryl/α,β-unsaturated/α-hetero) is 1. The van der Waals surface area contributed by atoms with E-state index in [1.165, 1.54) is 6.92 Å². The Balaban J connectivity index is 2.00. The van der Waals surface area contributed by atoms with E-state index in [0.717, 1.165) is 21.9 Å². The lowest BCUT2D eigenvalue weighted by Gasteiger charge is -2.25. The molecule has 4 heterocycles. The van der Waals surface area contributed by atoms with E-state index in [0.29, 0.717) is 6.42 Å². The summed E-state index contributed by atoms with van der Waals surface area (Å²) in [5.74, 6) is -0.643. The fraction of sp³-hybridized carbons (Fsp3) is 0.438. The van der Waals surface area contributed by atoms with Gasteiger partial charge in [0, 0.05) is 6.42 Å². The molecule has 0 fully saturated rings. The third-order valence-electron chi connectivity index (χ3n) is 5.12. The van der Waals surface area contributed by atoms with Gasteiger partial charge in [0.1, 0.15) is 16.8 Å². The summed E-state index contributed by atoms with van der Waals surface area (Å²) in [6.07, 6.45) is 2.34. The van der Waals surface area contributed by atoms with Crippen LogP contribution in [0.3, 0.4) is 0 Å². The van der Waals surface area contributed by atoms with Crippen LogP contribution in [-0.4, -0.2) is 55.4 Å². The van der Waals surface area contributed by atoms with Crippen LogP contribution < -0.4 is 22.6 Å². The van der Waals surface area contributed by atoms with Gasteiger partial charge in [-0.1, -0.05) is 19.8 Å². The molecule has 0 saturated heterocycles. The number of nitrogens with one attached hydrogen (secondary N) is 2. The van der Waals surface area contributed by atoms with Crippen LogP contribution in [0, 0.1) is 0 Å². The molecule has 15 nitrogen and oxygen atoms in total. The number of H-pyrrole nitrogens is 2. The van der Waals surface area contributed by atoms with Crippen LogP contribution in [0.15, 0.2) is 9.59 Å². The van der Waals surface area contributed by atoms with Crippen LogP contribution in [0.2, 0.25) is 0 Å². The number of rotatable bonds is 7. The third kappa shape index (κ3) is 3.10. The number of anilines is 2. The predicted octanol–water partition coefficient (Wildman–Crippen LogP) is -1.44. The lowest BCUT2D eigenvalue weighted by atomic mass is 9.77. The molecule has 0 aliphatic heterocycles. The topological polar surface area (TPSA) is 221 Å². The van der Waals surface area contributed by atoms with Crippen LogP contribution in [0.4, 0.5) is 11.9 Å². The van der Waals surface area contributed by atoms with Gasteiger partial charge in [0.15, 0.2) is 5.78 Å². The molecule has 0 unspecified atom stereocenters. The van der Waals surface area contributed by atoms with Gasteiger partial charge >= 0.3 is 0 Å². The van der Waals surface area contributed by atoms with E-state index in [-0.39, 0.29) is 41.3 Å². The maximum Gasteiger partial charge on any atom is 0.275 e. The number of carbonyl (C=O) groups is 1. The summed E-state index contributed by atoms with van der Waals surface area (Å²) in [5, 5.41) is 23.1. The van der Waals surface area contributed by atoms with Crippen molar-refractivity contribution in [2.45, 2.75) is 44.9 Å². The smallest absolute Gasteiger partial charge is 0.275 e. The van der Waals surface area contributed by atoms with E-state index < -0.39 is 22.3 Å². The Morgan fingerprint density at radius 1 is 0.903 bits per heavy atom. The summed E-state index contributed by atoms with van der Waals surface area (Å²) in [5.41, 5.74) is 7.67. The summed E-state index contributed by atoms with van der Waals surface area (Å²) in [4.78, 5) is 44.2. The molecule has 0 saturated carbocycles. The number of ketones is 1. The van der Waals surface area contributed by atoms with Crippen molar-refractivity contribution < 1.29 is 4.79 Å². The van der Waals surface area contributed by atoms with E-state index in [4.69, 9.17) is 11.5 Å². The summed E-state index contributed by atoms with van der Waals surface area (Å²) >= 11 is 0. The highest BCUT2D eigenvalue weighted by molar-refractivity contribution is 5.92. The molecular weight excluding hydrogens is 408 g/mol. The second-order valence-corrected chi connectivity index (χ2v) is 7.20. The zero-order valence-electron chi connectivity index (χ0n) is 16.8. The highest BCUT2D eigenvalue weighted by Gasteiger charge is 2.45. The van der Waals surface area contributed by atoms with Crippen molar-refractivity contribution in [3.05, 3.63) is 32.1 Å². The van der Waals surface area contributed by atoms with Crippen LogP contribution in [0.1, 0.15) is 50.9 Å². The Bertz CT molecular complexity index is 1320. The highest BCUT2D eigenvalue weighted by atomic mass is 16.1. The van der Waals surface area contributed by atoms with E-state index in [1.807, 2.05) is 6.92 Å². The number of nitrogen functional groups attached to an aromatic ring is 2. The number of unbranched alkanes of at least 4 members (excludes halogenated alkanes) is 2. The zero-order chi connectivity index (χ0) is 22.3. The summed E-state index contributed by atoms with van der Waals surface area (Å²) in [6, 6.07) is 0. The zero-order valence-corrected chi connectivity index (χ0v) is 16.8. The van der Waals surface area contributed by atoms with Crippen molar-refractivity contribution in [2.75, 3.05) is 11.5 Å². The van der Waals surface area contributed by atoms with Crippen LogP contribution in [-0.2, 0) is 10.2 Å². The molecule has 0 radical (unpaired) electrons. The predicted molar refractivity (Wildman–Crippen MR) is 107 cm³/mol. The molecule has 0 spiro atoms. The van der Waals surface area contributed by atoms with Gasteiger partial charge in [0.25, 0.3) is 22.7 Å². The van der Waals surface area contributed by atoms with E-state index in [1.54, 1.807) is 0 Å². The van der Waals surface area contributed by atoms with Crippen molar-refractivity contribution in [3.63, 3.8) is 0 Å². The number of aromatic nitrogens is 10. The Kier molecular flexibility index (Phi) is 4.71. The van der Waals surface area contributed by atoms with Crippen molar-refractivity contribution in [1.82, 2.24) is 49.6 Å². The molecule has 4 rings (SSSR count). The second-order valence-electron chi connectivity index (χ2n) is 7.20. The number of hydrogen-bond acceptors (Lipinski definition) is 11. The van der Waals surface area contributed by atoms with Crippen LogP contribution in [0.5, 0.6) is 0 Å². The second kappa shape index (κ2) is 7.26. The van der Waals surface area contributed by atoms with Gasteiger partial charge in [-0.05, 0) is 13.3 Å². The van der Waals surface area contributed by atoms with Gasteiger partial charge in [-0.3, -0.25) is 24.4 Å². The number of carbonyl (C=O) groups excluding carboxylic acids is 1.